The Morgan fingerprint density at radius 3 is 3.05 bits per heavy atom. The normalized spacial score (nSPS) is 26.1. The predicted octanol–water partition coefficient (Wildman–Crippen LogP) is 4.33. The van der Waals surface area contributed by atoms with Crippen molar-refractivity contribution >= 4 is 5.69 Å². The lowest BCUT2D eigenvalue weighted by Crippen LogP contribution is -2.34. The van der Waals surface area contributed by atoms with E-state index >= 15 is 0 Å². The zero-order valence-corrected chi connectivity index (χ0v) is 12.7. The van der Waals surface area contributed by atoms with Gasteiger partial charge < -0.3 is 10.1 Å². The number of aryl methyl sites for hydroxylation is 1. The van der Waals surface area contributed by atoms with E-state index in [1.165, 1.54) is 44.2 Å². The Morgan fingerprint density at radius 2 is 2.15 bits per heavy atom. The van der Waals surface area contributed by atoms with Gasteiger partial charge in [0.25, 0.3) is 0 Å². The van der Waals surface area contributed by atoms with Crippen molar-refractivity contribution in [3.63, 3.8) is 0 Å². The Morgan fingerprint density at radius 1 is 1.25 bits per heavy atom. The van der Waals surface area contributed by atoms with Crippen LogP contribution in [0.4, 0.5) is 5.69 Å². The van der Waals surface area contributed by atoms with Crippen molar-refractivity contribution < 1.29 is 4.74 Å². The summed E-state index contributed by atoms with van der Waals surface area (Å²) in [7, 11) is 0. The molecule has 1 N–H and O–H groups in total. The van der Waals surface area contributed by atoms with Crippen molar-refractivity contribution in [1.29, 1.82) is 0 Å². The van der Waals surface area contributed by atoms with E-state index in [-0.39, 0.29) is 0 Å². The Labute approximate surface area is 122 Å². The third-order valence-electron chi connectivity index (χ3n) is 4.73. The molecule has 2 nitrogen and oxygen atoms in total. The minimum atomic E-state index is 0.464. The topological polar surface area (TPSA) is 21.3 Å². The van der Waals surface area contributed by atoms with Gasteiger partial charge in [-0.2, -0.15) is 0 Å². The minimum absolute atomic E-state index is 0.464. The predicted molar refractivity (Wildman–Crippen MR) is 84.4 cm³/mol. The average Bonchev–Trinajstić information content (AvgIpc) is 2.48. The first-order valence-corrected chi connectivity index (χ1v) is 8.35. The zero-order chi connectivity index (χ0) is 13.8. The van der Waals surface area contributed by atoms with Gasteiger partial charge in [0.05, 0.1) is 6.10 Å². The molecule has 2 aliphatic rings. The first kappa shape index (κ1) is 13.9. The molecule has 0 radical (unpaired) electrons. The summed E-state index contributed by atoms with van der Waals surface area (Å²) in [5.74, 6) is 0. The van der Waals surface area contributed by atoms with E-state index < -0.39 is 0 Å². The Hall–Kier alpha value is -1.02. The summed E-state index contributed by atoms with van der Waals surface area (Å²) in [6.07, 6.45) is 10.4. The van der Waals surface area contributed by atoms with E-state index in [2.05, 4.69) is 30.4 Å². The molecule has 1 aromatic carbocycles. The fourth-order valence-corrected chi connectivity index (χ4v) is 3.67. The van der Waals surface area contributed by atoms with Crippen LogP contribution in [0.3, 0.4) is 0 Å². The van der Waals surface area contributed by atoms with E-state index in [1.54, 1.807) is 11.1 Å². The lowest BCUT2D eigenvalue weighted by atomic mass is 9.90. The highest BCUT2D eigenvalue weighted by Gasteiger charge is 2.23. The number of anilines is 1. The van der Waals surface area contributed by atoms with Gasteiger partial charge in [0, 0.05) is 18.3 Å². The van der Waals surface area contributed by atoms with Crippen LogP contribution >= 0.6 is 0 Å². The Balaban J connectivity index is 1.68. The zero-order valence-electron chi connectivity index (χ0n) is 12.7. The molecule has 0 amide bonds. The van der Waals surface area contributed by atoms with Gasteiger partial charge in [-0.1, -0.05) is 25.5 Å². The molecule has 20 heavy (non-hydrogen) atoms. The van der Waals surface area contributed by atoms with Gasteiger partial charge in [-0.15, -0.1) is 0 Å². The summed E-state index contributed by atoms with van der Waals surface area (Å²) in [5.41, 5.74) is 4.54. The van der Waals surface area contributed by atoms with Crippen LogP contribution in [0.25, 0.3) is 0 Å². The van der Waals surface area contributed by atoms with Crippen molar-refractivity contribution in [1.82, 2.24) is 0 Å². The summed E-state index contributed by atoms with van der Waals surface area (Å²) >= 11 is 0. The molecular formula is C18H27NO. The highest BCUT2D eigenvalue weighted by Crippen LogP contribution is 2.30. The van der Waals surface area contributed by atoms with Gasteiger partial charge in [-0.05, 0) is 62.1 Å². The van der Waals surface area contributed by atoms with Crippen molar-refractivity contribution in [2.75, 3.05) is 11.9 Å². The number of hydrogen-bond acceptors (Lipinski definition) is 2. The van der Waals surface area contributed by atoms with Crippen LogP contribution < -0.4 is 5.32 Å². The van der Waals surface area contributed by atoms with E-state index in [0.717, 1.165) is 19.4 Å². The van der Waals surface area contributed by atoms with Gasteiger partial charge in [0.1, 0.15) is 0 Å². The molecule has 0 spiro atoms. The molecule has 2 atom stereocenters. The first-order valence-electron chi connectivity index (χ1n) is 8.35. The molecule has 1 aliphatic carbocycles. The van der Waals surface area contributed by atoms with Crippen LogP contribution in [0.2, 0.25) is 0 Å². The lowest BCUT2D eigenvalue weighted by molar-refractivity contribution is 0.00596. The van der Waals surface area contributed by atoms with Crippen molar-refractivity contribution in [2.24, 2.45) is 0 Å². The van der Waals surface area contributed by atoms with E-state index in [1.807, 2.05) is 0 Å². The van der Waals surface area contributed by atoms with Crippen LogP contribution in [-0.4, -0.2) is 18.8 Å². The second-order valence-electron chi connectivity index (χ2n) is 6.30. The molecule has 0 saturated carbocycles. The van der Waals surface area contributed by atoms with E-state index in [9.17, 15) is 0 Å². The van der Waals surface area contributed by atoms with Crippen molar-refractivity contribution in [3.05, 3.63) is 29.3 Å². The first-order chi connectivity index (χ1) is 9.86. The smallest absolute Gasteiger partial charge is 0.0594 e. The quantitative estimate of drug-likeness (QED) is 0.882. The summed E-state index contributed by atoms with van der Waals surface area (Å²) < 4.78 is 5.86. The molecule has 2 unspecified atom stereocenters. The van der Waals surface area contributed by atoms with Crippen LogP contribution in [0.5, 0.6) is 0 Å². The van der Waals surface area contributed by atoms with Crippen LogP contribution in [0, 0.1) is 0 Å². The third-order valence-corrected chi connectivity index (χ3v) is 4.73. The van der Waals surface area contributed by atoms with Gasteiger partial charge in [-0.25, -0.2) is 0 Å². The number of nitrogens with one attached hydrogen (secondary N) is 1. The molecule has 0 bridgehead atoms. The largest absolute Gasteiger partial charge is 0.382 e. The average molecular weight is 273 g/mol. The highest BCUT2D eigenvalue weighted by atomic mass is 16.5. The molecule has 110 valence electrons. The van der Waals surface area contributed by atoms with Crippen molar-refractivity contribution in [2.45, 2.75) is 70.4 Å². The SMILES string of the molecule is CCCC1CC(Nc2cccc3c2CCCC3)CCO1. The maximum absolute atomic E-state index is 5.86. The molecule has 1 saturated heterocycles. The van der Waals surface area contributed by atoms with Gasteiger partial charge in [-0.3, -0.25) is 0 Å². The molecule has 1 heterocycles. The van der Waals surface area contributed by atoms with Gasteiger partial charge in [0.2, 0.25) is 0 Å². The molecule has 1 fully saturated rings. The number of hydrogen-bond donors (Lipinski definition) is 1. The van der Waals surface area contributed by atoms with Gasteiger partial charge in [0.15, 0.2) is 0 Å². The molecule has 3 rings (SSSR count). The van der Waals surface area contributed by atoms with Crippen LogP contribution in [0.15, 0.2) is 18.2 Å². The maximum atomic E-state index is 5.86. The second kappa shape index (κ2) is 6.62. The van der Waals surface area contributed by atoms with E-state index in [4.69, 9.17) is 4.74 Å². The minimum Gasteiger partial charge on any atom is -0.382 e. The lowest BCUT2D eigenvalue weighted by Gasteiger charge is -2.32. The summed E-state index contributed by atoms with van der Waals surface area (Å²) in [5, 5.41) is 3.82. The van der Waals surface area contributed by atoms with Gasteiger partial charge >= 0.3 is 0 Å². The molecule has 1 aromatic rings. The van der Waals surface area contributed by atoms with Crippen LogP contribution in [-0.2, 0) is 17.6 Å². The molecule has 2 heteroatoms. The fraction of sp³-hybridized carbons (Fsp3) is 0.667. The number of ether oxygens (including phenoxy) is 1. The van der Waals surface area contributed by atoms with E-state index in [0.29, 0.717) is 12.1 Å². The fourth-order valence-electron chi connectivity index (χ4n) is 3.67. The standard InChI is InChI=1S/C18H27NO/c1-2-6-16-13-15(11-12-20-16)19-18-10-5-8-14-7-3-4-9-17(14)18/h5,8,10,15-16,19H,2-4,6-7,9,11-13H2,1H3. The van der Waals surface area contributed by atoms with Crippen molar-refractivity contribution in [3.8, 4) is 0 Å². The molecule has 1 aliphatic heterocycles. The number of benzene rings is 1. The maximum Gasteiger partial charge on any atom is 0.0594 e. The Bertz CT molecular complexity index is 441. The summed E-state index contributed by atoms with van der Waals surface area (Å²) in [6, 6.07) is 7.39. The highest BCUT2D eigenvalue weighted by molar-refractivity contribution is 5.56. The molecule has 0 aromatic heterocycles. The summed E-state index contributed by atoms with van der Waals surface area (Å²) in [4.78, 5) is 0. The second-order valence-corrected chi connectivity index (χ2v) is 6.30. The van der Waals surface area contributed by atoms with Crippen LogP contribution in [0.1, 0.15) is 56.6 Å². The summed E-state index contributed by atoms with van der Waals surface area (Å²) in [6.45, 7) is 3.16. The Kier molecular flexibility index (Phi) is 4.62. The number of fused-ring (bicyclic) bond motifs is 1. The monoisotopic (exact) mass is 273 g/mol. The number of rotatable bonds is 4. The molecular weight excluding hydrogens is 246 g/mol. The third kappa shape index (κ3) is 3.17.